The zero-order chi connectivity index (χ0) is 20.9. The third kappa shape index (κ3) is 3.25. The molecule has 2 aliphatic carbocycles. The van der Waals surface area contributed by atoms with Crippen molar-refractivity contribution in [1.29, 1.82) is 0 Å². The van der Waals surface area contributed by atoms with Crippen LogP contribution in [-0.4, -0.2) is 34.0 Å². The molecule has 0 amide bonds. The number of ether oxygens (including phenoxy) is 2. The monoisotopic (exact) mass is 413 g/mol. The number of fused-ring (bicyclic) bond motifs is 1. The van der Waals surface area contributed by atoms with Crippen molar-refractivity contribution < 1.29 is 18.3 Å². The summed E-state index contributed by atoms with van der Waals surface area (Å²) in [6.45, 7) is 1.96. The normalized spacial score (nSPS) is 28.6. The lowest BCUT2D eigenvalue weighted by Gasteiger charge is -2.39. The van der Waals surface area contributed by atoms with Gasteiger partial charge in [-0.25, -0.2) is 8.78 Å². The Hall–Kier alpha value is -2.54. The van der Waals surface area contributed by atoms with Crippen LogP contribution in [0.15, 0.2) is 36.5 Å². The number of alkyl halides is 1. The minimum Gasteiger partial charge on any atom is -0.490 e. The minimum absolute atomic E-state index is 0.0657. The van der Waals surface area contributed by atoms with E-state index in [0.29, 0.717) is 12.2 Å². The molecule has 2 aromatic heterocycles. The second-order valence-corrected chi connectivity index (χ2v) is 8.44. The Morgan fingerprint density at radius 1 is 1.10 bits per heavy atom. The lowest BCUT2D eigenvalue weighted by atomic mass is 9.78. The molecule has 5 rings (SSSR count). The van der Waals surface area contributed by atoms with Crippen LogP contribution >= 0.6 is 0 Å². The van der Waals surface area contributed by atoms with Gasteiger partial charge in [0.25, 0.3) is 0 Å². The molecule has 7 heteroatoms. The summed E-state index contributed by atoms with van der Waals surface area (Å²) < 4.78 is 40.9. The number of hydrogen-bond acceptors (Lipinski definition) is 4. The number of aromatic nitrogens is 3. The molecule has 2 aliphatic rings. The molecule has 0 saturated heterocycles. The van der Waals surface area contributed by atoms with Crippen LogP contribution in [0.1, 0.15) is 55.0 Å². The van der Waals surface area contributed by atoms with Crippen molar-refractivity contribution in [2.75, 3.05) is 7.11 Å². The van der Waals surface area contributed by atoms with Gasteiger partial charge in [-0.3, -0.25) is 4.40 Å². The molecular formula is C23H25F2N3O2. The zero-order valence-corrected chi connectivity index (χ0v) is 17.1. The van der Waals surface area contributed by atoms with Gasteiger partial charge in [-0.05, 0) is 62.8 Å². The molecule has 0 aliphatic heterocycles. The lowest BCUT2D eigenvalue weighted by molar-refractivity contribution is -0.0650. The molecule has 5 nitrogen and oxygen atoms in total. The molecule has 0 spiro atoms. The fraction of sp³-hybridized carbons (Fsp3) is 0.478. The summed E-state index contributed by atoms with van der Waals surface area (Å²) in [4.78, 5) is 0. The largest absolute Gasteiger partial charge is 0.490 e. The highest BCUT2D eigenvalue weighted by atomic mass is 19.1. The van der Waals surface area contributed by atoms with Crippen LogP contribution in [-0.2, 0) is 10.3 Å². The molecule has 0 unspecified atom stereocenters. The number of aryl methyl sites for hydroxylation is 1. The Kier molecular flexibility index (Phi) is 4.73. The molecule has 0 radical (unpaired) electrons. The van der Waals surface area contributed by atoms with E-state index in [4.69, 9.17) is 9.47 Å². The molecular weight excluding hydrogens is 388 g/mol. The third-order valence-electron chi connectivity index (χ3n) is 6.64. The highest BCUT2D eigenvalue weighted by molar-refractivity contribution is 5.54. The summed E-state index contributed by atoms with van der Waals surface area (Å²) in [6.07, 6.45) is 4.92. The van der Waals surface area contributed by atoms with Crippen molar-refractivity contribution in [3.05, 3.63) is 59.3 Å². The van der Waals surface area contributed by atoms with Gasteiger partial charge < -0.3 is 9.47 Å². The van der Waals surface area contributed by atoms with E-state index >= 15 is 0 Å². The topological polar surface area (TPSA) is 48.7 Å². The number of hydrogen-bond donors (Lipinski definition) is 0. The van der Waals surface area contributed by atoms with E-state index in [1.807, 2.05) is 35.7 Å². The van der Waals surface area contributed by atoms with E-state index < -0.39 is 11.8 Å². The molecule has 0 bridgehead atoms. The van der Waals surface area contributed by atoms with E-state index in [0.717, 1.165) is 48.2 Å². The molecule has 30 heavy (non-hydrogen) atoms. The second kappa shape index (κ2) is 7.30. The molecule has 2 atom stereocenters. The van der Waals surface area contributed by atoms with Crippen molar-refractivity contribution in [2.45, 2.75) is 62.8 Å². The van der Waals surface area contributed by atoms with Crippen molar-refractivity contribution in [2.24, 2.45) is 0 Å². The maximum atomic E-state index is 13.5. The molecule has 3 aromatic rings. The fourth-order valence-corrected chi connectivity index (χ4v) is 4.61. The highest BCUT2D eigenvalue weighted by Crippen LogP contribution is 2.44. The van der Waals surface area contributed by atoms with Crippen LogP contribution in [0.5, 0.6) is 5.75 Å². The molecule has 0 N–H and O–H groups in total. The van der Waals surface area contributed by atoms with Crippen LogP contribution in [0, 0.1) is 12.7 Å². The summed E-state index contributed by atoms with van der Waals surface area (Å²) in [5, 5.41) is 8.47. The SMILES string of the molecule is COC1(c2ccc(F)cc2)CCC(Oc2ccn3c([C@H]4C[C@@H]4F)nnc3c2C)CC1. The Morgan fingerprint density at radius 2 is 1.80 bits per heavy atom. The first kappa shape index (κ1) is 19.4. The molecule has 1 aromatic carbocycles. The lowest BCUT2D eigenvalue weighted by Crippen LogP contribution is -2.37. The number of nitrogens with zero attached hydrogens (tertiary/aromatic N) is 3. The van der Waals surface area contributed by atoms with E-state index in [-0.39, 0.29) is 17.8 Å². The van der Waals surface area contributed by atoms with E-state index in [1.165, 1.54) is 12.1 Å². The molecule has 158 valence electrons. The molecule has 2 fully saturated rings. The van der Waals surface area contributed by atoms with Gasteiger partial charge in [0.05, 0.1) is 17.6 Å². The van der Waals surface area contributed by atoms with Gasteiger partial charge >= 0.3 is 0 Å². The summed E-state index contributed by atoms with van der Waals surface area (Å²) in [7, 11) is 1.72. The quantitative estimate of drug-likeness (QED) is 0.599. The summed E-state index contributed by atoms with van der Waals surface area (Å²) in [5.41, 5.74) is 2.23. The smallest absolute Gasteiger partial charge is 0.167 e. The number of halogens is 2. The summed E-state index contributed by atoms with van der Waals surface area (Å²) in [6, 6.07) is 8.50. The van der Waals surface area contributed by atoms with Gasteiger partial charge in [-0.1, -0.05) is 12.1 Å². The van der Waals surface area contributed by atoms with Crippen LogP contribution in [0.3, 0.4) is 0 Å². The Labute approximate surface area is 174 Å². The fourth-order valence-electron chi connectivity index (χ4n) is 4.61. The Bertz CT molecular complexity index is 1060. The van der Waals surface area contributed by atoms with Gasteiger partial charge in [0.15, 0.2) is 5.65 Å². The van der Waals surface area contributed by atoms with Crippen molar-refractivity contribution in [1.82, 2.24) is 14.6 Å². The average Bonchev–Trinajstić information content (AvgIpc) is 3.32. The predicted octanol–water partition coefficient (Wildman–Crippen LogP) is 4.87. The first-order chi connectivity index (χ1) is 14.5. The first-order valence-electron chi connectivity index (χ1n) is 10.5. The van der Waals surface area contributed by atoms with Crippen molar-refractivity contribution in [3.8, 4) is 5.75 Å². The maximum Gasteiger partial charge on any atom is 0.167 e. The van der Waals surface area contributed by atoms with Crippen molar-refractivity contribution >= 4 is 5.65 Å². The second-order valence-electron chi connectivity index (χ2n) is 8.44. The number of pyridine rings is 1. The van der Waals surface area contributed by atoms with Crippen molar-refractivity contribution in [3.63, 3.8) is 0 Å². The summed E-state index contributed by atoms with van der Waals surface area (Å²) >= 11 is 0. The Balaban J connectivity index is 1.31. The van der Waals surface area contributed by atoms with E-state index in [9.17, 15) is 8.78 Å². The minimum atomic E-state index is -0.807. The van der Waals surface area contributed by atoms with Gasteiger partial charge in [0, 0.05) is 18.9 Å². The predicted molar refractivity (Wildman–Crippen MR) is 108 cm³/mol. The van der Waals surface area contributed by atoms with Gasteiger partial charge in [0.2, 0.25) is 0 Å². The zero-order valence-electron chi connectivity index (χ0n) is 17.1. The maximum absolute atomic E-state index is 13.5. The van der Waals surface area contributed by atoms with Gasteiger partial charge in [0.1, 0.15) is 23.6 Å². The number of rotatable bonds is 5. The first-order valence-corrected chi connectivity index (χ1v) is 10.5. The summed E-state index contributed by atoms with van der Waals surface area (Å²) in [5.74, 6) is 1.09. The average molecular weight is 413 g/mol. The molecule has 2 heterocycles. The number of benzene rings is 1. The highest BCUT2D eigenvalue weighted by Gasteiger charge is 2.42. The van der Waals surface area contributed by atoms with Gasteiger partial charge in [-0.2, -0.15) is 0 Å². The van der Waals surface area contributed by atoms with Crippen LogP contribution in [0.25, 0.3) is 5.65 Å². The molecule has 2 saturated carbocycles. The van der Waals surface area contributed by atoms with Gasteiger partial charge in [-0.15, -0.1) is 10.2 Å². The van der Waals surface area contributed by atoms with E-state index in [2.05, 4.69) is 10.2 Å². The van der Waals surface area contributed by atoms with E-state index in [1.54, 1.807) is 7.11 Å². The van der Waals surface area contributed by atoms with Crippen LogP contribution < -0.4 is 4.74 Å². The van der Waals surface area contributed by atoms with Crippen LogP contribution in [0.4, 0.5) is 8.78 Å². The third-order valence-corrected chi connectivity index (χ3v) is 6.64. The number of methoxy groups -OCH3 is 1. The standard InChI is InChI=1S/C23H25F2N3O2/c1-14-20(9-12-28-21(14)26-27-22(28)18-13-19(18)25)30-17-7-10-23(29-2,11-8-17)15-3-5-16(24)6-4-15/h3-6,9,12,17-19H,7-8,10-11,13H2,1-2H3/t17?,18-,19-,23?/m0/s1. The Morgan fingerprint density at radius 3 is 2.43 bits per heavy atom. The van der Waals surface area contributed by atoms with Crippen LogP contribution in [0.2, 0.25) is 0 Å².